The van der Waals surface area contributed by atoms with E-state index in [9.17, 15) is 19.2 Å². The number of hydrogen-bond donors (Lipinski definition) is 4. The minimum absolute atomic E-state index is 0.293. The van der Waals surface area contributed by atoms with E-state index in [4.69, 9.17) is 4.74 Å². The molecular formula is C40H39N7O5. The Kier molecular flexibility index (Phi) is 11.4. The molecule has 0 spiro atoms. The molecule has 4 N–H and O–H groups in total. The van der Waals surface area contributed by atoms with E-state index in [2.05, 4.69) is 31.5 Å². The Morgan fingerprint density at radius 3 is 1.13 bits per heavy atom. The van der Waals surface area contributed by atoms with Crippen molar-refractivity contribution in [2.24, 2.45) is 10.2 Å². The van der Waals surface area contributed by atoms with Crippen LogP contribution in [-0.4, -0.2) is 43.5 Å². The number of amides is 4. The maximum atomic E-state index is 12.9. The van der Waals surface area contributed by atoms with Gasteiger partial charge in [-0.3, -0.25) is 19.7 Å². The van der Waals surface area contributed by atoms with E-state index in [1.165, 1.54) is 0 Å². The van der Waals surface area contributed by atoms with E-state index < -0.39 is 11.7 Å². The second-order valence-corrected chi connectivity index (χ2v) is 12.9. The molecule has 52 heavy (non-hydrogen) atoms. The molecule has 4 amide bonds. The molecule has 0 unspecified atom stereocenters. The molecule has 0 atom stereocenters. The molecule has 0 aliphatic rings. The van der Waals surface area contributed by atoms with Crippen molar-refractivity contribution in [2.75, 3.05) is 40.3 Å². The van der Waals surface area contributed by atoms with Crippen LogP contribution in [0.3, 0.4) is 0 Å². The van der Waals surface area contributed by atoms with Gasteiger partial charge in [0.2, 0.25) is 0 Å². The summed E-state index contributed by atoms with van der Waals surface area (Å²) < 4.78 is 5.23. The second kappa shape index (κ2) is 16.3. The summed E-state index contributed by atoms with van der Waals surface area (Å²) in [7, 11) is 3.94. The van der Waals surface area contributed by atoms with Gasteiger partial charge < -0.3 is 25.6 Å². The fraction of sp³-hybridized carbons (Fsp3) is 0.150. The third-order valence-corrected chi connectivity index (χ3v) is 7.37. The highest BCUT2D eigenvalue weighted by Gasteiger charge is 2.16. The average Bonchev–Trinajstić information content (AvgIpc) is 3.11. The van der Waals surface area contributed by atoms with Gasteiger partial charge >= 0.3 is 6.09 Å². The summed E-state index contributed by atoms with van der Waals surface area (Å²) in [6.45, 7) is 5.31. The third kappa shape index (κ3) is 10.6. The molecule has 5 aromatic carbocycles. The van der Waals surface area contributed by atoms with Crippen LogP contribution in [0.5, 0.6) is 0 Å². The monoisotopic (exact) mass is 697 g/mol. The molecule has 5 rings (SSSR count). The highest BCUT2D eigenvalue weighted by molar-refractivity contribution is 6.07. The van der Waals surface area contributed by atoms with Crippen LogP contribution in [-0.2, 0) is 4.74 Å². The Morgan fingerprint density at radius 1 is 0.481 bits per heavy atom. The van der Waals surface area contributed by atoms with Gasteiger partial charge in [0.25, 0.3) is 17.7 Å². The van der Waals surface area contributed by atoms with Crippen LogP contribution in [0.4, 0.5) is 44.6 Å². The van der Waals surface area contributed by atoms with Crippen molar-refractivity contribution in [3.05, 3.63) is 138 Å². The molecule has 0 radical (unpaired) electrons. The van der Waals surface area contributed by atoms with Crippen molar-refractivity contribution in [1.82, 2.24) is 0 Å². The first kappa shape index (κ1) is 36.5. The Morgan fingerprint density at radius 2 is 0.788 bits per heavy atom. The Bertz CT molecular complexity index is 2050. The fourth-order valence-corrected chi connectivity index (χ4v) is 4.69. The zero-order chi connectivity index (χ0) is 37.3. The number of azo groups is 1. The molecule has 0 saturated heterocycles. The van der Waals surface area contributed by atoms with Crippen molar-refractivity contribution in [2.45, 2.75) is 26.4 Å². The van der Waals surface area contributed by atoms with Gasteiger partial charge in [-0.05, 0) is 142 Å². The van der Waals surface area contributed by atoms with Crippen molar-refractivity contribution in [1.29, 1.82) is 0 Å². The SMILES string of the molecule is CN(C)c1ccc(/N=N/c2ccc(C(=O)Nc3ccc(NC(=O)c4ccc(NC(=O)c5ccc(NC(=O)OC(C)(C)C)cc5)cc4)cc3)cc2)cc1. The molecule has 0 fully saturated rings. The topological polar surface area (TPSA) is 154 Å². The van der Waals surface area contributed by atoms with Gasteiger partial charge in [-0.15, -0.1) is 0 Å². The van der Waals surface area contributed by atoms with Gasteiger partial charge in [0, 0.05) is 59.2 Å². The summed E-state index contributed by atoms with van der Waals surface area (Å²) in [5.41, 5.74) is 5.10. The van der Waals surface area contributed by atoms with E-state index in [0.717, 1.165) is 11.4 Å². The van der Waals surface area contributed by atoms with Crippen LogP contribution in [0.2, 0.25) is 0 Å². The maximum absolute atomic E-state index is 12.9. The van der Waals surface area contributed by atoms with Crippen molar-refractivity contribution in [3.63, 3.8) is 0 Å². The zero-order valence-corrected chi connectivity index (χ0v) is 29.4. The molecule has 12 nitrogen and oxygen atoms in total. The maximum Gasteiger partial charge on any atom is 0.412 e. The summed E-state index contributed by atoms with van der Waals surface area (Å²) in [6, 6.07) is 34.1. The number of anilines is 5. The lowest BCUT2D eigenvalue weighted by Crippen LogP contribution is -2.27. The Hall–Kier alpha value is -6.82. The predicted octanol–water partition coefficient (Wildman–Crippen LogP) is 9.27. The molecule has 264 valence electrons. The van der Waals surface area contributed by atoms with Gasteiger partial charge in [0.05, 0.1) is 11.4 Å². The first-order chi connectivity index (χ1) is 24.8. The number of nitrogens with zero attached hydrogens (tertiary/aromatic N) is 3. The van der Waals surface area contributed by atoms with Crippen molar-refractivity contribution >= 4 is 63.6 Å². The molecule has 0 aromatic heterocycles. The Labute approximate surface area is 301 Å². The summed E-state index contributed by atoms with van der Waals surface area (Å²) in [4.78, 5) is 52.4. The quantitative estimate of drug-likeness (QED) is 0.107. The van der Waals surface area contributed by atoms with Gasteiger partial charge in [-0.2, -0.15) is 10.2 Å². The van der Waals surface area contributed by atoms with Crippen LogP contribution in [0.1, 0.15) is 51.8 Å². The number of carbonyl (C=O) groups excluding carboxylic acids is 4. The predicted molar refractivity (Wildman–Crippen MR) is 204 cm³/mol. The molecule has 0 saturated carbocycles. The van der Waals surface area contributed by atoms with Crippen LogP contribution in [0.25, 0.3) is 0 Å². The highest BCUT2D eigenvalue weighted by atomic mass is 16.6. The van der Waals surface area contributed by atoms with E-state index in [-0.39, 0.29) is 17.7 Å². The van der Waals surface area contributed by atoms with Crippen LogP contribution in [0, 0.1) is 0 Å². The number of benzene rings is 5. The zero-order valence-electron chi connectivity index (χ0n) is 29.4. The molecule has 5 aromatic rings. The summed E-state index contributed by atoms with van der Waals surface area (Å²) in [5, 5.41) is 19.6. The molecule has 0 bridgehead atoms. The van der Waals surface area contributed by atoms with Gasteiger partial charge in [-0.25, -0.2) is 4.79 Å². The van der Waals surface area contributed by atoms with E-state index in [0.29, 0.717) is 45.1 Å². The standard InChI is InChI=1S/C40H39N7O5/c1-40(2,3)52-39(51)44-32-14-8-27(9-15-32)36(48)41-29-12-6-26(7-13-29)37(49)42-30-18-20-31(21-19-30)43-38(50)28-10-16-33(17-11-28)45-46-34-22-24-35(25-23-34)47(4)5/h6-25H,1-5H3,(H,41,48)(H,42,49)(H,43,50)(H,44,51)/b46-45+. The lowest BCUT2D eigenvalue weighted by Gasteiger charge is -2.19. The van der Waals surface area contributed by atoms with Crippen LogP contribution < -0.4 is 26.2 Å². The highest BCUT2D eigenvalue weighted by Crippen LogP contribution is 2.23. The normalized spacial score (nSPS) is 11.0. The number of rotatable bonds is 10. The van der Waals surface area contributed by atoms with Crippen molar-refractivity contribution in [3.8, 4) is 0 Å². The second-order valence-electron chi connectivity index (χ2n) is 12.9. The molecule has 0 aliphatic carbocycles. The average molecular weight is 698 g/mol. The summed E-state index contributed by atoms with van der Waals surface area (Å²) in [6.07, 6.45) is -0.587. The first-order valence-electron chi connectivity index (χ1n) is 16.3. The number of ether oxygens (including phenoxy) is 1. The van der Waals surface area contributed by atoms with Crippen LogP contribution >= 0.6 is 0 Å². The van der Waals surface area contributed by atoms with Gasteiger partial charge in [0.15, 0.2) is 0 Å². The lowest BCUT2D eigenvalue weighted by molar-refractivity contribution is 0.0635. The number of hydrogen-bond acceptors (Lipinski definition) is 8. The summed E-state index contributed by atoms with van der Waals surface area (Å²) in [5.74, 6) is -0.987. The molecular weight excluding hydrogens is 658 g/mol. The molecule has 12 heteroatoms. The first-order valence-corrected chi connectivity index (χ1v) is 16.3. The van der Waals surface area contributed by atoms with Crippen LogP contribution in [0.15, 0.2) is 132 Å². The minimum Gasteiger partial charge on any atom is -0.444 e. The minimum atomic E-state index is -0.626. The molecule has 0 heterocycles. The Balaban J connectivity index is 1.08. The van der Waals surface area contributed by atoms with E-state index >= 15 is 0 Å². The third-order valence-electron chi connectivity index (χ3n) is 7.37. The summed E-state index contributed by atoms with van der Waals surface area (Å²) >= 11 is 0. The fourth-order valence-electron chi connectivity index (χ4n) is 4.69. The largest absolute Gasteiger partial charge is 0.444 e. The van der Waals surface area contributed by atoms with E-state index in [1.54, 1.807) is 118 Å². The lowest BCUT2D eigenvalue weighted by atomic mass is 10.1. The van der Waals surface area contributed by atoms with E-state index in [1.807, 2.05) is 43.3 Å². The molecule has 0 aliphatic heterocycles. The number of nitrogens with one attached hydrogen (secondary N) is 4. The van der Waals surface area contributed by atoms with Crippen molar-refractivity contribution < 1.29 is 23.9 Å². The van der Waals surface area contributed by atoms with Gasteiger partial charge in [-0.1, -0.05) is 0 Å². The number of carbonyl (C=O) groups is 4. The smallest absolute Gasteiger partial charge is 0.412 e. The van der Waals surface area contributed by atoms with Gasteiger partial charge in [0.1, 0.15) is 5.60 Å².